The topological polar surface area (TPSA) is 46.5 Å². The molecular formula is C20H28O3. The van der Waals surface area contributed by atoms with Crippen molar-refractivity contribution in [3.8, 4) is 0 Å². The maximum absolute atomic E-state index is 11.9. The van der Waals surface area contributed by atoms with E-state index in [2.05, 4.69) is 26.8 Å². The molecule has 0 radical (unpaired) electrons. The largest absolute Gasteiger partial charge is 0.451 e. The van der Waals surface area contributed by atoms with Gasteiger partial charge in [0, 0.05) is 17.1 Å². The fourth-order valence-electron chi connectivity index (χ4n) is 6.34. The smallest absolute Gasteiger partial charge is 0.334 e. The number of aliphatic hydroxyl groups is 1. The molecule has 2 fully saturated rings. The Hall–Kier alpha value is -1.09. The van der Waals surface area contributed by atoms with Crippen LogP contribution in [0.25, 0.3) is 0 Å². The van der Waals surface area contributed by atoms with Crippen LogP contribution in [-0.2, 0) is 9.53 Å². The summed E-state index contributed by atoms with van der Waals surface area (Å²) in [5.41, 5.74) is 3.39. The minimum Gasteiger partial charge on any atom is -0.451 e. The number of carbonyl (C=O) groups excluding carboxylic acids is 1. The lowest BCUT2D eigenvalue weighted by Gasteiger charge is -2.60. The Kier molecular flexibility index (Phi) is 3.17. The molecule has 23 heavy (non-hydrogen) atoms. The average Bonchev–Trinajstić information content (AvgIpc) is 2.74. The molecule has 2 saturated carbocycles. The van der Waals surface area contributed by atoms with Crippen molar-refractivity contribution in [2.24, 2.45) is 22.7 Å². The van der Waals surface area contributed by atoms with Crippen LogP contribution in [0.15, 0.2) is 22.8 Å². The van der Waals surface area contributed by atoms with E-state index in [9.17, 15) is 9.90 Å². The summed E-state index contributed by atoms with van der Waals surface area (Å²) in [6, 6.07) is 0. The van der Waals surface area contributed by atoms with Gasteiger partial charge in [-0.1, -0.05) is 38.8 Å². The highest BCUT2D eigenvalue weighted by atomic mass is 16.6. The first-order valence-electron chi connectivity index (χ1n) is 9.06. The summed E-state index contributed by atoms with van der Waals surface area (Å²) in [5, 5.41) is 11.1. The molecule has 4 rings (SSSR count). The molecule has 0 spiro atoms. The second-order valence-electron chi connectivity index (χ2n) is 9.03. The lowest BCUT2D eigenvalue weighted by molar-refractivity contribution is -0.152. The molecule has 0 bridgehead atoms. The molecule has 3 nitrogen and oxygen atoms in total. The molecule has 1 aliphatic heterocycles. The molecule has 0 amide bonds. The maximum atomic E-state index is 11.9. The van der Waals surface area contributed by atoms with Crippen molar-refractivity contribution in [1.82, 2.24) is 0 Å². The highest BCUT2D eigenvalue weighted by Gasteiger charge is 2.58. The Balaban J connectivity index is 1.79. The van der Waals surface area contributed by atoms with Crippen LogP contribution in [0.5, 0.6) is 0 Å². The van der Waals surface area contributed by atoms with Crippen molar-refractivity contribution in [2.75, 3.05) is 0 Å². The average molecular weight is 316 g/mol. The molecule has 1 heterocycles. The second kappa shape index (κ2) is 4.72. The number of aliphatic hydroxyl groups excluding tert-OH is 1. The summed E-state index contributed by atoms with van der Waals surface area (Å²) < 4.78 is 5.51. The fraction of sp³-hybridized carbons (Fsp3) is 0.750. The second-order valence-corrected chi connectivity index (χ2v) is 9.03. The van der Waals surface area contributed by atoms with Gasteiger partial charge >= 0.3 is 5.97 Å². The summed E-state index contributed by atoms with van der Waals surface area (Å²) in [6.07, 6.45) is 7.06. The first kappa shape index (κ1) is 15.4. The summed E-state index contributed by atoms with van der Waals surface area (Å²) in [6.45, 7) is 8.98. The molecule has 0 aromatic heterocycles. The van der Waals surface area contributed by atoms with Gasteiger partial charge in [0.2, 0.25) is 0 Å². The van der Waals surface area contributed by atoms with Crippen molar-refractivity contribution in [3.05, 3.63) is 22.8 Å². The quantitative estimate of drug-likeness (QED) is 0.692. The Morgan fingerprint density at radius 2 is 2.00 bits per heavy atom. The van der Waals surface area contributed by atoms with Gasteiger partial charge in [0.05, 0.1) is 0 Å². The number of hydrogen-bond acceptors (Lipinski definition) is 3. The SMILES string of the molecule is CC1=C2C=C3CC[C@@H]4C(C)(C)CCC[C@@]4(C)[C@@H]3C(O)[C@H]2OC1=O. The normalized spacial score (nSPS) is 44.9. The first-order valence-corrected chi connectivity index (χ1v) is 9.06. The highest BCUT2D eigenvalue weighted by molar-refractivity contribution is 5.92. The van der Waals surface area contributed by atoms with E-state index in [1.54, 1.807) is 0 Å². The predicted molar refractivity (Wildman–Crippen MR) is 88.6 cm³/mol. The molecular weight excluding hydrogens is 288 g/mol. The zero-order valence-electron chi connectivity index (χ0n) is 14.7. The highest BCUT2D eigenvalue weighted by Crippen LogP contribution is 2.63. The summed E-state index contributed by atoms with van der Waals surface area (Å²) in [4.78, 5) is 11.9. The zero-order valence-corrected chi connectivity index (χ0v) is 14.7. The van der Waals surface area contributed by atoms with E-state index in [1.807, 2.05) is 6.92 Å². The lowest BCUT2D eigenvalue weighted by atomic mass is 9.45. The van der Waals surface area contributed by atoms with Crippen molar-refractivity contribution in [3.63, 3.8) is 0 Å². The van der Waals surface area contributed by atoms with Crippen LogP contribution in [0.2, 0.25) is 0 Å². The molecule has 4 aliphatic rings. The van der Waals surface area contributed by atoms with E-state index in [1.165, 1.54) is 31.3 Å². The lowest BCUT2D eigenvalue weighted by Crippen LogP contribution is -2.56. The van der Waals surface area contributed by atoms with Crippen LogP contribution in [0.3, 0.4) is 0 Å². The van der Waals surface area contributed by atoms with Crippen molar-refractivity contribution >= 4 is 5.97 Å². The maximum Gasteiger partial charge on any atom is 0.334 e. The summed E-state index contributed by atoms with van der Waals surface area (Å²) in [5.74, 6) is 0.503. The predicted octanol–water partition coefficient (Wildman–Crippen LogP) is 3.77. The Bertz CT molecular complexity index is 627. The van der Waals surface area contributed by atoms with Gasteiger partial charge in [-0.25, -0.2) is 4.79 Å². The van der Waals surface area contributed by atoms with E-state index >= 15 is 0 Å². The number of hydrogen-bond donors (Lipinski definition) is 1. The van der Waals surface area contributed by atoms with Crippen molar-refractivity contribution in [1.29, 1.82) is 0 Å². The fourth-order valence-corrected chi connectivity index (χ4v) is 6.34. The van der Waals surface area contributed by atoms with Crippen LogP contribution in [0.4, 0.5) is 0 Å². The molecule has 3 heteroatoms. The van der Waals surface area contributed by atoms with Crippen LogP contribution in [0.1, 0.15) is 59.8 Å². The van der Waals surface area contributed by atoms with Gasteiger partial charge < -0.3 is 9.84 Å². The minimum absolute atomic E-state index is 0.111. The molecule has 0 aromatic carbocycles. The van der Waals surface area contributed by atoms with Crippen LogP contribution >= 0.6 is 0 Å². The van der Waals surface area contributed by atoms with E-state index < -0.39 is 12.2 Å². The standard InChI is InChI=1S/C20H28O3/c1-11-13-10-12-6-7-14-19(2,3)8-5-9-20(14,4)15(12)16(21)17(13)23-18(11)22/h10,14-17,21H,5-9H2,1-4H3/t14-,15+,16?,17+,20-/m1/s1. The van der Waals surface area contributed by atoms with Crippen LogP contribution in [0, 0.1) is 22.7 Å². The van der Waals surface area contributed by atoms with Gasteiger partial charge in [-0.2, -0.15) is 0 Å². The summed E-state index contributed by atoms with van der Waals surface area (Å²) >= 11 is 0. The van der Waals surface area contributed by atoms with Gasteiger partial charge in [0.1, 0.15) is 6.10 Å². The van der Waals surface area contributed by atoms with E-state index in [0.717, 1.165) is 12.0 Å². The number of ether oxygens (including phenoxy) is 1. The van der Waals surface area contributed by atoms with Gasteiger partial charge in [-0.15, -0.1) is 0 Å². The number of rotatable bonds is 0. The first-order chi connectivity index (χ1) is 10.8. The monoisotopic (exact) mass is 316 g/mol. The Labute approximate surface area is 138 Å². The van der Waals surface area contributed by atoms with E-state index in [0.29, 0.717) is 16.9 Å². The van der Waals surface area contributed by atoms with E-state index in [-0.39, 0.29) is 17.3 Å². The summed E-state index contributed by atoms with van der Waals surface area (Å²) in [7, 11) is 0. The van der Waals surface area contributed by atoms with Gasteiger partial charge in [-0.3, -0.25) is 0 Å². The number of esters is 1. The van der Waals surface area contributed by atoms with Gasteiger partial charge in [0.15, 0.2) is 6.10 Å². The molecule has 0 saturated heterocycles. The van der Waals surface area contributed by atoms with E-state index in [4.69, 9.17) is 4.74 Å². The third-order valence-electron chi connectivity index (χ3n) is 7.38. The molecule has 126 valence electrons. The minimum atomic E-state index is -0.590. The zero-order chi connectivity index (χ0) is 16.6. The van der Waals surface area contributed by atoms with Gasteiger partial charge in [-0.05, 0) is 49.4 Å². The van der Waals surface area contributed by atoms with Crippen molar-refractivity contribution in [2.45, 2.75) is 72.0 Å². The van der Waals surface area contributed by atoms with Crippen molar-refractivity contribution < 1.29 is 14.6 Å². The molecule has 1 N–H and O–H groups in total. The molecule has 0 aromatic rings. The molecule has 5 atom stereocenters. The van der Waals surface area contributed by atoms with Crippen LogP contribution in [-0.4, -0.2) is 23.3 Å². The molecule has 3 aliphatic carbocycles. The Morgan fingerprint density at radius 3 is 2.74 bits per heavy atom. The number of carbonyl (C=O) groups is 1. The third-order valence-corrected chi connectivity index (χ3v) is 7.38. The molecule has 1 unspecified atom stereocenters. The van der Waals surface area contributed by atoms with Gasteiger partial charge in [0.25, 0.3) is 0 Å². The Morgan fingerprint density at radius 1 is 1.26 bits per heavy atom. The third kappa shape index (κ3) is 1.95. The number of fused-ring (bicyclic) bond motifs is 4. The van der Waals surface area contributed by atoms with Crippen LogP contribution < -0.4 is 0 Å².